The summed E-state index contributed by atoms with van der Waals surface area (Å²) < 4.78 is 1.14. The third-order valence-electron chi connectivity index (χ3n) is 4.75. The fraction of sp³-hybridized carbons (Fsp3) is 0.647. The lowest BCUT2D eigenvalue weighted by Crippen LogP contribution is -2.57. The molecule has 0 spiro atoms. The fourth-order valence-corrected chi connectivity index (χ4v) is 3.28. The van der Waals surface area contributed by atoms with Gasteiger partial charge in [0, 0.05) is 42.2 Å². The molecule has 3 nitrogen and oxygen atoms in total. The van der Waals surface area contributed by atoms with Gasteiger partial charge in [-0.3, -0.25) is 4.90 Å². The van der Waals surface area contributed by atoms with E-state index in [-0.39, 0.29) is 5.54 Å². The van der Waals surface area contributed by atoms with E-state index in [9.17, 15) is 0 Å². The molecule has 1 saturated heterocycles. The summed E-state index contributed by atoms with van der Waals surface area (Å²) in [4.78, 5) is 5.07. The van der Waals surface area contributed by atoms with Gasteiger partial charge in [-0.2, -0.15) is 0 Å². The van der Waals surface area contributed by atoms with E-state index in [1.165, 1.54) is 12.1 Å². The van der Waals surface area contributed by atoms with Crippen LogP contribution in [0, 0.1) is 0 Å². The van der Waals surface area contributed by atoms with Gasteiger partial charge in [0.1, 0.15) is 0 Å². The second-order valence-electron chi connectivity index (χ2n) is 6.69. The number of hydrogen-bond donors (Lipinski definition) is 1. The standard InChI is InChI=1S/C17H28BrN3/c1-17(2)13-21(12-11-20(17)4)10-9-16(19-3)14-5-7-15(18)8-6-14/h5-8,16,19H,9-13H2,1-4H3. The van der Waals surface area contributed by atoms with Crippen LogP contribution in [0.25, 0.3) is 0 Å². The number of piperazine rings is 1. The predicted octanol–water partition coefficient (Wildman–Crippen LogP) is 3.13. The van der Waals surface area contributed by atoms with Gasteiger partial charge < -0.3 is 10.2 Å². The molecule has 1 aromatic rings. The Morgan fingerprint density at radius 3 is 2.48 bits per heavy atom. The SMILES string of the molecule is CNC(CCN1CCN(C)C(C)(C)C1)c1ccc(Br)cc1. The number of halogens is 1. The van der Waals surface area contributed by atoms with E-state index in [0.717, 1.165) is 30.5 Å². The van der Waals surface area contributed by atoms with Gasteiger partial charge >= 0.3 is 0 Å². The predicted molar refractivity (Wildman–Crippen MR) is 93.7 cm³/mol. The second kappa shape index (κ2) is 7.23. The average Bonchev–Trinajstić information content (AvgIpc) is 2.45. The first kappa shape index (κ1) is 16.9. The van der Waals surface area contributed by atoms with Crippen LogP contribution in [0.5, 0.6) is 0 Å². The van der Waals surface area contributed by atoms with Crippen LogP contribution in [0.4, 0.5) is 0 Å². The second-order valence-corrected chi connectivity index (χ2v) is 7.61. The van der Waals surface area contributed by atoms with Crippen molar-refractivity contribution in [2.24, 2.45) is 0 Å². The molecule has 118 valence electrons. The Kier molecular flexibility index (Phi) is 5.83. The van der Waals surface area contributed by atoms with Crippen LogP contribution in [-0.4, -0.2) is 55.6 Å². The highest BCUT2D eigenvalue weighted by Gasteiger charge is 2.30. The molecule has 1 aliphatic rings. The smallest absolute Gasteiger partial charge is 0.0329 e. The van der Waals surface area contributed by atoms with Gasteiger partial charge in [0.25, 0.3) is 0 Å². The van der Waals surface area contributed by atoms with E-state index >= 15 is 0 Å². The van der Waals surface area contributed by atoms with E-state index in [1.54, 1.807) is 0 Å². The van der Waals surface area contributed by atoms with Crippen molar-refractivity contribution >= 4 is 15.9 Å². The molecule has 0 amide bonds. The quantitative estimate of drug-likeness (QED) is 0.877. The molecular weight excluding hydrogens is 326 g/mol. The van der Waals surface area contributed by atoms with Gasteiger partial charge in [0.05, 0.1) is 0 Å². The molecule has 0 bridgehead atoms. The number of hydrogen-bond acceptors (Lipinski definition) is 3. The van der Waals surface area contributed by atoms with Crippen molar-refractivity contribution in [3.63, 3.8) is 0 Å². The van der Waals surface area contributed by atoms with Crippen molar-refractivity contribution in [3.8, 4) is 0 Å². The van der Waals surface area contributed by atoms with Crippen LogP contribution >= 0.6 is 15.9 Å². The fourth-order valence-electron chi connectivity index (χ4n) is 3.02. The van der Waals surface area contributed by atoms with Crippen molar-refractivity contribution < 1.29 is 0 Å². The maximum atomic E-state index is 3.50. The van der Waals surface area contributed by atoms with Crippen LogP contribution in [0.3, 0.4) is 0 Å². The van der Waals surface area contributed by atoms with E-state index in [0.29, 0.717) is 6.04 Å². The molecule has 1 N–H and O–H groups in total. The first-order chi connectivity index (χ1) is 9.92. The van der Waals surface area contributed by atoms with E-state index in [2.05, 4.69) is 83.3 Å². The monoisotopic (exact) mass is 353 g/mol. The summed E-state index contributed by atoms with van der Waals surface area (Å²) in [6.07, 6.45) is 1.15. The molecule has 1 heterocycles. The Balaban J connectivity index is 1.90. The summed E-state index contributed by atoms with van der Waals surface area (Å²) in [6.45, 7) is 9.32. The zero-order chi connectivity index (χ0) is 15.5. The van der Waals surface area contributed by atoms with Gasteiger partial charge in [-0.15, -0.1) is 0 Å². The van der Waals surface area contributed by atoms with Gasteiger partial charge in [0.15, 0.2) is 0 Å². The highest BCUT2D eigenvalue weighted by Crippen LogP contribution is 2.22. The minimum atomic E-state index is 0.283. The zero-order valence-electron chi connectivity index (χ0n) is 13.7. The van der Waals surface area contributed by atoms with E-state index in [4.69, 9.17) is 0 Å². The molecule has 2 rings (SSSR count). The zero-order valence-corrected chi connectivity index (χ0v) is 15.3. The molecule has 0 aliphatic carbocycles. The number of nitrogens with one attached hydrogen (secondary N) is 1. The van der Waals surface area contributed by atoms with Crippen LogP contribution < -0.4 is 5.32 Å². The lowest BCUT2D eigenvalue weighted by atomic mass is 9.98. The molecule has 1 atom stereocenters. The number of rotatable bonds is 5. The van der Waals surface area contributed by atoms with Crippen molar-refractivity contribution in [1.82, 2.24) is 15.1 Å². The van der Waals surface area contributed by atoms with Crippen LogP contribution in [-0.2, 0) is 0 Å². The lowest BCUT2D eigenvalue weighted by molar-refractivity contribution is 0.0383. The molecule has 4 heteroatoms. The Morgan fingerprint density at radius 2 is 1.90 bits per heavy atom. The summed E-state index contributed by atoms with van der Waals surface area (Å²) in [7, 11) is 4.29. The Bertz CT molecular complexity index is 444. The van der Waals surface area contributed by atoms with Gasteiger partial charge in [-0.05, 0) is 52.1 Å². The molecule has 1 unspecified atom stereocenters. The largest absolute Gasteiger partial charge is 0.313 e. The summed E-state index contributed by atoms with van der Waals surface area (Å²) >= 11 is 3.50. The molecular formula is C17H28BrN3. The third kappa shape index (κ3) is 4.52. The number of benzene rings is 1. The Morgan fingerprint density at radius 1 is 1.24 bits per heavy atom. The molecule has 0 aromatic heterocycles. The Hall–Kier alpha value is -0.420. The summed E-state index contributed by atoms with van der Waals surface area (Å²) in [5.74, 6) is 0. The highest BCUT2D eigenvalue weighted by molar-refractivity contribution is 9.10. The molecule has 21 heavy (non-hydrogen) atoms. The molecule has 0 saturated carbocycles. The van der Waals surface area contributed by atoms with E-state index < -0.39 is 0 Å². The maximum Gasteiger partial charge on any atom is 0.0329 e. The molecule has 1 fully saturated rings. The Labute approximate surface area is 137 Å². The number of likely N-dealkylation sites (N-methyl/N-ethyl adjacent to an activating group) is 1. The average molecular weight is 354 g/mol. The third-order valence-corrected chi connectivity index (χ3v) is 5.28. The number of nitrogens with zero attached hydrogens (tertiary/aromatic N) is 2. The minimum absolute atomic E-state index is 0.283. The summed E-state index contributed by atoms with van der Waals surface area (Å²) in [5, 5.41) is 3.45. The minimum Gasteiger partial charge on any atom is -0.313 e. The maximum absolute atomic E-state index is 3.50. The van der Waals surface area contributed by atoms with Crippen molar-refractivity contribution in [2.45, 2.75) is 31.8 Å². The lowest BCUT2D eigenvalue weighted by Gasteiger charge is -2.45. The van der Waals surface area contributed by atoms with Gasteiger partial charge in [0.2, 0.25) is 0 Å². The van der Waals surface area contributed by atoms with Crippen molar-refractivity contribution in [3.05, 3.63) is 34.3 Å². The van der Waals surface area contributed by atoms with Crippen molar-refractivity contribution in [1.29, 1.82) is 0 Å². The van der Waals surface area contributed by atoms with E-state index in [1.807, 2.05) is 0 Å². The van der Waals surface area contributed by atoms with Crippen LogP contribution in [0.1, 0.15) is 31.9 Å². The molecule has 1 aliphatic heterocycles. The summed E-state index contributed by atoms with van der Waals surface area (Å²) in [6, 6.07) is 9.09. The topological polar surface area (TPSA) is 18.5 Å². The normalized spacial score (nSPS) is 21.4. The van der Waals surface area contributed by atoms with Crippen molar-refractivity contribution in [2.75, 3.05) is 40.3 Å². The molecule has 1 aromatic carbocycles. The molecule has 0 radical (unpaired) electrons. The van der Waals surface area contributed by atoms with Gasteiger partial charge in [-0.25, -0.2) is 0 Å². The van der Waals surface area contributed by atoms with Gasteiger partial charge in [-0.1, -0.05) is 28.1 Å². The first-order valence-electron chi connectivity index (χ1n) is 7.79. The summed E-state index contributed by atoms with van der Waals surface area (Å²) in [5.41, 5.74) is 1.65. The van der Waals surface area contributed by atoms with Crippen LogP contribution in [0.15, 0.2) is 28.7 Å². The first-order valence-corrected chi connectivity index (χ1v) is 8.58. The van der Waals surface area contributed by atoms with Crippen LogP contribution in [0.2, 0.25) is 0 Å². The highest BCUT2D eigenvalue weighted by atomic mass is 79.9.